The Kier molecular flexibility index (Phi) is 13.9. The molecule has 0 fully saturated rings. The molecular formula is C17H30ClNO5. The van der Waals surface area contributed by atoms with Crippen LogP contribution in [0, 0.1) is 0 Å². The standard InChI is InChI=1S/C17H29NO5.ClH/c1-2-15-3-5-17(6-4-15)23-12-11-22-14-16(21)13-18(7-9-19)8-10-20;/h3-6,16,19-21H,2,7-14H2,1H3;1H. The highest BCUT2D eigenvalue weighted by molar-refractivity contribution is 5.85. The molecule has 1 atom stereocenters. The highest BCUT2D eigenvalue weighted by Crippen LogP contribution is 2.12. The first-order valence-corrected chi connectivity index (χ1v) is 8.11. The lowest BCUT2D eigenvalue weighted by Crippen LogP contribution is -2.38. The van der Waals surface area contributed by atoms with Gasteiger partial charge in [-0.1, -0.05) is 19.1 Å². The van der Waals surface area contributed by atoms with Gasteiger partial charge >= 0.3 is 0 Å². The third-order valence-electron chi connectivity index (χ3n) is 3.44. The topological polar surface area (TPSA) is 82.4 Å². The lowest BCUT2D eigenvalue weighted by Gasteiger charge is -2.23. The molecular weight excluding hydrogens is 334 g/mol. The molecule has 1 aromatic carbocycles. The van der Waals surface area contributed by atoms with Gasteiger partial charge in [0.2, 0.25) is 0 Å². The van der Waals surface area contributed by atoms with Crippen LogP contribution in [0.1, 0.15) is 12.5 Å². The van der Waals surface area contributed by atoms with E-state index >= 15 is 0 Å². The van der Waals surface area contributed by atoms with Crippen LogP contribution in [0.3, 0.4) is 0 Å². The number of aryl methyl sites for hydroxylation is 1. The molecule has 0 radical (unpaired) electrons. The maximum Gasteiger partial charge on any atom is 0.119 e. The zero-order chi connectivity index (χ0) is 16.9. The van der Waals surface area contributed by atoms with Crippen molar-refractivity contribution >= 4 is 12.4 Å². The van der Waals surface area contributed by atoms with Crippen LogP contribution in [-0.2, 0) is 11.2 Å². The van der Waals surface area contributed by atoms with Gasteiger partial charge in [-0.05, 0) is 24.1 Å². The summed E-state index contributed by atoms with van der Waals surface area (Å²) < 4.78 is 11.0. The largest absolute Gasteiger partial charge is 0.491 e. The second kappa shape index (κ2) is 14.5. The van der Waals surface area contributed by atoms with Crippen LogP contribution in [0.15, 0.2) is 24.3 Å². The lowest BCUT2D eigenvalue weighted by molar-refractivity contribution is 0.00362. The second-order valence-electron chi connectivity index (χ2n) is 5.32. The quantitative estimate of drug-likeness (QED) is 0.448. The molecule has 1 rings (SSSR count). The van der Waals surface area contributed by atoms with E-state index < -0.39 is 6.10 Å². The molecule has 0 heterocycles. The summed E-state index contributed by atoms with van der Waals surface area (Å²) >= 11 is 0. The van der Waals surface area contributed by atoms with Crippen LogP contribution < -0.4 is 4.74 Å². The van der Waals surface area contributed by atoms with Crippen molar-refractivity contribution in [2.24, 2.45) is 0 Å². The first kappa shape index (κ1) is 23.1. The number of halogens is 1. The number of aliphatic hydroxyl groups is 3. The number of hydrogen-bond donors (Lipinski definition) is 3. The maximum atomic E-state index is 9.88. The Labute approximate surface area is 150 Å². The van der Waals surface area contributed by atoms with Gasteiger partial charge in [0.1, 0.15) is 12.4 Å². The van der Waals surface area contributed by atoms with Crippen molar-refractivity contribution in [3.05, 3.63) is 29.8 Å². The molecule has 0 saturated carbocycles. The number of nitrogens with zero attached hydrogens (tertiary/aromatic N) is 1. The highest BCUT2D eigenvalue weighted by atomic mass is 35.5. The third kappa shape index (κ3) is 10.1. The van der Waals surface area contributed by atoms with Gasteiger partial charge in [0.25, 0.3) is 0 Å². The van der Waals surface area contributed by atoms with Crippen molar-refractivity contribution in [3.8, 4) is 5.75 Å². The van der Waals surface area contributed by atoms with Crippen molar-refractivity contribution in [3.63, 3.8) is 0 Å². The molecule has 0 aliphatic carbocycles. The van der Waals surface area contributed by atoms with E-state index in [9.17, 15) is 5.11 Å². The third-order valence-corrected chi connectivity index (χ3v) is 3.44. The van der Waals surface area contributed by atoms with Gasteiger partial charge in [-0.25, -0.2) is 0 Å². The summed E-state index contributed by atoms with van der Waals surface area (Å²) in [6.07, 6.45) is 0.349. The average molecular weight is 364 g/mol. The fraction of sp³-hybridized carbons (Fsp3) is 0.647. The Morgan fingerprint density at radius 3 is 2.21 bits per heavy atom. The SMILES string of the molecule is CCc1ccc(OCCOCC(O)CN(CCO)CCO)cc1.Cl. The van der Waals surface area contributed by atoms with E-state index in [0.717, 1.165) is 12.2 Å². The second-order valence-corrected chi connectivity index (χ2v) is 5.32. The molecule has 24 heavy (non-hydrogen) atoms. The smallest absolute Gasteiger partial charge is 0.119 e. The normalized spacial score (nSPS) is 12.0. The van der Waals surface area contributed by atoms with Gasteiger partial charge < -0.3 is 24.8 Å². The van der Waals surface area contributed by atoms with Crippen LogP contribution in [0.4, 0.5) is 0 Å². The minimum atomic E-state index is -0.656. The summed E-state index contributed by atoms with van der Waals surface area (Å²) in [5.41, 5.74) is 1.27. The van der Waals surface area contributed by atoms with E-state index in [1.165, 1.54) is 5.56 Å². The van der Waals surface area contributed by atoms with E-state index in [0.29, 0.717) is 32.8 Å². The predicted octanol–water partition coefficient (Wildman–Crippen LogP) is 0.714. The maximum absolute atomic E-state index is 9.88. The minimum Gasteiger partial charge on any atom is -0.491 e. The average Bonchev–Trinajstić information content (AvgIpc) is 2.55. The van der Waals surface area contributed by atoms with Crippen LogP contribution >= 0.6 is 12.4 Å². The monoisotopic (exact) mass is 363 g/mol. The molecule has 0 aromatic heterocycles. The number of benzene rings is 1. The molecule has 0 bridgehead atoms. The Bertz CT molecular complexity index is 398. The minimum absolute atomic E-state index is 0. The predicted molar refractivity (Wildman–Crippen MR) is 96.0 cm³/mol. The number of ether oxygens (including phenoxy) is 2. The van der Waals surface area contributed by atoms with E-state index in [4.69, 9.17) is 19.7 Å². The fourth-order valence-corrected chi connectivity index (χ4v) is 2.19. The summed E-state index contributed by atoms with van der Waals surface area (Å²) in [5.74, 6) is 0.809. The molecule has 0 aliphatic heterocycles. The van der Waals surface area contributed by atoms with Crippen LogP contribution in [0.5, 0.6) is 5.75 Å². The van der Waals surface area contributed by atoms with Gasteiger partial charge in [-0.3, -0.25) is 4.90 Å². The zero-order valence-electron chi connectivity index (χ0n) is 14.3. The molecule has 1 aromatic rings. The van der Waals surface area contributed by atoms with Crippen molar-refractivity contribution < 1.29 is 24.8 Å². The van der Waals surface area contributed by atoms with Crippen LogP contribution in [0.2, 0.25) is 0 Å². The molecule has 0 amide bonds. The van der Waals surface area contributed by atoms with Crippen molar-refractivity contribution in [2.75, 3.05) is 52.7 Å². The molecule has 3 N–H and O–H groups in total. The Morgan fingerprint density at radius 2 is 1.67 bits per heavy atom. The molecule has 0 spiro atoms. The highest BCUT2D eigenvalue weighted by Gasteiger charge is 2.11. The summed E-state index contributed by atoms with van der Waals surface area (Å²) in [6.45, 7) is 4.34. The van der Waals surface area contributed by atoms with E-state index in [2.05, 4.69) is 6.92 Å². The van der Waals surface area contributed by atoms with Gasteiger partial charge in [-0.15, -0.1) is 12.4 Å². The van der Waals surface area contributed by atoms with Gasteiger partial charge in [-0.2, -0.15) is 0 Å². The number of aliphatic hydroxyl groups excluding tert-OH is 3. The summed E-state index contributed by atoms with van der Waals surface area (Å²) in [4.78, 5) is 1.79. The lowest BCUT2D eigenvalue weighted by atomic mass is 10.2. The van der Waals surface area contributed by atoms with Gasteiger partial charge in [0, 0.05) is 19.6 Å². The molecule has 7 heteroatoms. The first-order chi connectivity index (χ1) is 11.2. The molecule has 1 unspecified atom stereocenters. The van der Waals surface area contributed by atoms with Crippen molar-refractivity contribution in [1.29, 1.82) is 0 Å². The van der Waals surface area contributed by atoms with Crippen molar-refractivity contribution in [1.82, 2.24) is 4.90 Å². The van der Waals surface area contributed by atoms with Crippen LogP contribution in [0.25, 0.3) is 0 Å². The molecule has 140 valence electrons. The van der Waals surface area contributed by atoms with E-state index in [-0.39, 0.29) is 32.2 Å². The molecule has 0 aliphatic rings. The van der Waals surface area contributed by atoms with E-state index in [1.54, 1.807) is 4.90 Å². The molecule has 6 nitrogen and oxygen atoms in total. The van der Waals surface area contributed by atoms with Crippen molar-refractivity contribution in [2.45, 2.75) is 19.4 Å². The number of rotatable bonds is 13. The Hall–Kier alpha value is -0.890. The summed E-state index contributed by atoms with van der Waals surface area (Å²) in [6, 6.07) is 7.96. The van der Waals surface area contributed by atoms with E-state index in [1.807, 2.05) is 24.3 Å². The Morgan fingerprint density at radius 1 is 1.04 bits per heavy atom. The molecule has 0 saturated heterocycles. The van der Waals surface area contributed by atoms with Gasteiger partial charge in [0.15, 0.2) is 0 Å². The first-order valence-electron chi connectivity index (χ1n) is 8.11. The number of hydrogen-bond acceptors (Lipinski definition) is 6. The fourth-order valence-electron chi connectivity index (χ4n) is 2.19. The summed E-state index contributed by atoms with van der Waals surface area (Å²) in [5, 5.41) is 27.7. The Balaban J connectivity index is 0.00000529. The summed E-state index contributed by atoms with van der Waals surface area (Å²) in [7, 11) is 0. The zero-order valence-corrected chi connectivity index (χ0v) is 15.1. The van der Waals surface area contributed by atoms with Crippen LogP contribution in [-0.4, -0.2) is 79.0 Å². The van der Waals surface area contributed by atoms with Gasteiger partial charge in [0.05, 0.1) is 32.5 Å².